The van der Waals surface area contributed by atoms with Gasteiger partial charge in [0.15, 0.2) is 0 Å². The molecule has 5 rings (SSSR count). The number of aromatic nitrogens is 3. The monoisotopic (exact) mass is 374 g/mol. The highest BCUT2D eigenvalue weighted by atomic mass is 16.5. The van der Waals surface area contributed by atoms with Gasteiger partial charge in [-0.1, -0.05) is 18.2 Å². The maximum absolute atomic E-state index is 12.7. The second-order valence-corrected chi connectivity index (χ2v) is 7.40. The second-order valence-electron chi connectivity index (χ2n) is 7.40. The van der Waals surface area contributed by atoms with Crippen LogP contribution >= 0.6 is 0 Å². The summed E-state index contributed by atoms with van der Waals surface area (Å²) in [7, 11) is 0. The van der Waals surface area contributed by atoms with Gasteiger partial charge < -0.3 is 9.64 Å². The summed E-state index contributed by atoms with van der Waals surface area (Å²) in [5.74, 6) is 0.0584. The van der Waals surface area contributed by atoms with Crippen molar-refractivity contribution in [3.63, 3.8) is 0 Å². The van der Waals surface area contributed by atoms with Gasteiger partial charge in [0.25, 0.3) is 5.91 Å². The number of fused-ring (bicyclic) bond motifs is 2. The Morgan fingerprint density at radius 3 is 2.54 bits per heavy atom. The number of likely N-dealkylation sites (tertiary alicyclic amines) is 1. The lowest BCUT2D eigenvalue weighted by atomic mass is 9.83. The molecular formula is C22H22N4O2. The molecule has 6 nitrogen and oxygen atoms in total. The maximum atomic E-state index is 12.7. The highest BCUT2D eigenvalue weighted by Crippen LogP contribution is 2.41. The molecule has 1 fully saturated rings. The Morgan fingerprint density at radius 2 is 1.79 bits per heavy atom. The summed E-state index contributed by atoms with van der Waals surface area (Å²) < 4.78 is 8.25. The van der Waals surface area contributed by atoms with Gasteiger partial charge in [0, 0.05) is 37.2 Å². The summed E-state index contributed by atoms with van der Waals surface area (Å²) in [5.41, 5.74) is 3.65. The van der Waals surface area contributed by atoms with E-state index >= 15 is 0 Å². The lowest BCUT2D eigenvalue weighted by Gasteiger charge is -2.43. The minimum atomic E-state index is -0.386. The second kappa shape index (κ2) is 6.87. The number of piperidine rings is 1. The summed E-state index contributed by atoms with van der Waals surface area (Å²) in [5, 5.41) is 4.91. The third kappa shape index (κ3) is 2.90. The van der Waals surface area contributed by atoms with E-state index in [0.717, 1.165) is 30.6 Å². The molecule has 1 amide bonds. The summed E-state index contributed by atoms with van der Waals surface area (Å²) in [4.78, 5) is 18.6. The van der Waals surface area contributed by atoms with Crippen LogP contribution in [0.4, 0.5) is 0 Å². The van der Waals surface area contributed by atoms with E-state index in [1.54, 1.807) is 24.5 Å². The lowest BCUT2D eigenvalue weighted by molar-refractivity contribution is -0.0963. The summed E-state index contributed by atoms with van der Waals surface area (Å²) in [6.07, 6.45) is 7.86. The van der Waals surface area contributed by atoms with Crippen LogP contribution in [0, 0.1) is 0 Å². The zero-order chi connectivity index (χ0) is 19.0. The van der Waals surface area contributed by atoms with Crippen LogP contribution in [0.25, 0.3) is 5.69 Å². The van der Waals surface area contributed by atoms with E-state index in [9.17, 15) is 4.79 Å². The fourth-order valence-electron chi connectivity index (χ4n) is 4.24. The van der Waals surface area contributed by atoms with Gasteiger partial charge in [0.05, 0.1) is 18.0 Å². The Morgan fingerprint density at radius 1 is 1.04 bits per heavy atom. The third-order valence-electron chi connectivity index (χ3n) is 5.78. The molecular weight excluding hydrogens is 352 g/mol. The molecule has 1 spiro atoms. The van der Waals surface area contributed by atoms with Crippen molar-refractivity contribution in [2.45, 2.75) is 24.9 Å². The standard InChI is InChI=1S/C22H22N4O2/c27-21(17-6-11-23-12-7-17)25-13-9-22(10-14-25)20-18(8-15-28-22)16-26(24-20)19-4-2-1-3-5-19/h1-7,11-12,16H,8-10,13-15H2. The molecule has 0 radical (unpaired) electrons. The predicted molar refractivity (Wildman–Crippen MR) is 104 cm³/mol. The molecule has 1 saturated heterocycles. The zero-order valence-corrected chi connectivity index (χ0v) is 15.6. The minimum Gasteiger partial charge on any atom is -0.368 e. The molecule has 0 unspecified atom stereocenters. The van der Waals surface area contributed by atoms with Gasteiger partial charge in [-0.25, -0.2) is 4.68 Å². The first-order valence-corrected chi connectivity index (χ1v) is 9.73. The molecule has 4 heterocycles. The van der Waals surface area contributed by atoms with Gasteiger partial charge in [0.2, 0.25) is 0 Å². The zero-order valence-electron chi connectivity index (χ0n) is 15.6. The fraction of sp³-hybridized carbons (Fsp3) is 0.318. The van der Waals surface area contributed by atoms with Crippen molar-refractivity contribution in [3.05, 3.63) is 77.9 Å². The van der Waals surface area contributed by atoms with Gasteiger partial charge >= 0.3 is 0 Å². The largest absolute Gasteiger partial charge is 0.368 e. The topological polar surface area (TPSA) is 60.3 Å². The Kier molecular flexibility index (Phi) is 4.20. The number of carbonyl (C=O) groups is 1. The summed E-state index contributed by atoms with van der Waals surface area (Å²) >= 11 is 0. The molecule has 2 aromatic heterocycles. The van der Waals surface area contributed by atoms with Crippen molar-refractivity contribution < 1.29 is 9.53 Å². The van der Waals surface area contributed by atoms with Crippen LogP contribution in [0.3, 0.4) is 0 Å². The first-order chi connectivity index (χ1) is 13.8. The van der Waals surface area contributed by atoms with Crippen molar-refractivity contribution in [3.8, 4) is 5.69 Å². The quantitative estimate of drug-likeness (QED) is 0.692. The molecule has 0 bridgehead atoms. The third-order valence-corrected chi connectivity index (χ3v) is 5.78. The Hall–Kier alpha value is -2.99. The molecule has 28 heavy (non-hydrogen) atoms. The van der Waals surface area contributed by atoms with Crippen molar-refractivity contribution >= 4 is 5.91 Å². The molecule has 3 aromatic rings. The highest BCUT2D eigenvalue weighted by Gasteiger charge is 2.44. The number of rotatable bonds is 2. The van der Waals surface area contributed by atoms with E-state index in [1.807, 2.05) is 27.8 Å². The van der Waals surface area contributed by atoms with Gasteiger partial charge in [-0.15, -0.1) is 0 Å². The molecule has 142 valence electrons. The maximum Gasteiger partial charge on any atom is 0.253 e. The average molecular weight is 374 g/mol. The number of carbonyl (C=O) groups excluding carboxylic acids is 1. The highest BCUT2D eigenvalue weighted by molar-refractivity contribution is 5.94. The molecule has 2 aliphatic rings. The molecule has 0 N–H and O–H groups in total. The van der Waals surface area contributed by atoms with Crippen molar-refractivity contribution in [2.75, 3.05) is 19.7 Å². The van der Waals surface area contributed by atoms with E-state index < -0.39 is 0 Å². The fourth-order valence-corrected chi connectivity index (χ4v) is 4.24. The van der Waals surface area contributed by atoms with Crippen LogP contribution < -0.4 is 0 Å². The Labute approximate surface area is 163 Å². The van der Waals surface area contributed by atoms with Gasteiger partial charge in [-0.2, -0.15) is 5.10 Å². The molecule has 0 atom stereocenters. The number of para-hydroxylation sites is 1. The first-order valence-electron chi connectivity index (χ1n) is 9.73. The molecule has 2 aliphatic heterocycles. The minimum absolute atomic E-state index is 0.0584. The molecule has 0 saturated carbocycles. The molecule has 6 heteroatoms. The number of amides is 1. The summed E-state index contributed by atoms with van der Waals surface area (Å²) in [6, 6.07) is 13.7. The van der Waals surface area contributed by atoms with Crippen LogP contribution in [0.1, 0.15) is 34.5 Å². The van der Waals surface area contributed by atoms with Crippen molar-refractivity contribution in [1.82, 2.24) is 19.7 Å². The van der Waals surface area contributed by atoms with E-state index in [1.165, 1.54) is 5.56 Å². The van der Waals surface area contributed by atoms with Crippen LogP contribution in [0.2, 0.25) is 0 Å². The van der Waals surface area contributed by atoms with Crippen LogP contribution in [0.5, 0.6) is 0 Å². The number of ether oxygens (including phenoxy) is 1. The number of pyridine rings is 1. The number of hydrogen-bond donors (Lipinski definition) is 0. The lowest BCUT2D eigenvalue weighted by Crippen LogP contribution is -2.48. The van der Waals surface area contributed by atoms with Gasteiger partial charge in [-0.3, -0.25) is 9.78 Å². The van der Waals surface area contributed by atoms with Crippen LogP contribution in [-0.4, -0.2) is 45.3 Å². The normalized spacial score (nSPS) is 18.1. The SMILES string of the molecule is O=C(c1ccncc1)N1CCC2(CC1)OCCc1cn(-c3ccccc3)nc12. The average Bonchev–Trinajstić information content (AvgIpc) is 3.21. The van der Waals surface area contributed by atoms with E-state index in [4.69, 9.17) is 9.84 Å². The van der Waals surface area contributed by atoms with E-state index in [0.29, 0.717) is 25.3 Å². The smallest absolute Gasteiger partial charge is 0.253 e. The predicted octanol–water partition coefficient (Wildman–Crippen LogP) is 2.97. The summed E-state index contributed by atoms with van der Waals surface area (Å²) in [6.45, 7) is 2.03. The van der Waals surface area contributed by atoms with Gasteiger partial charge in [-0.05, 0) is 49.1 Å². The Balaban J connectivity index is 1.38. The first kappa shape index (κ1) is 17.1. The van der Waals surface area contributed by atoms with E-state index in [-0.39, 0.29) is 11.5 Å². The number of nitrogens with zero attached hydrogens (tertiary/aromatic N) is 4. The van der Waals surface area contributed by atoms with Gasteiger partial charge in [0.1, 0.15) is 5.60 Å². The van der Waals surface area contributed by atoms with E-state index in [2.05, 4.69) is 23.3 Å². The van der Waals surface area contributed by atoms with Crippen LogP contribution in [0.15, 0.2) is 61.1 Å². The number of benzene rings is 1. The molecule has 1 aromatic carbocycles. The molecule has 0 aliphatic carbocycles. The van der Waals surface area contributed by atoms with Crippen LogP contribution in [-0.2, 0) is 16.8 Å². The Bertz CT molecular complexity index is 976. The number of hydrogen-bond acceptors (Lipinski definition) is 4. The van der Waals surface area contributed by atoms with Crippen molar-refractivity contribution in [2.24, 2.45) is 0 Å². The van der Waals surface area contributed by atoms with Crippen molar-refractivity contribution in [1.29, 1.82) is 0 Å².